The van der Waals surface area contributed by atoms with Crippen molar-refractivity contribution in [1.29, 1.82) is 0 Å². The van der Waals surface area contributed by atoms with Gasteiger partial charge in [0.2, 0.25) is 0 Å². The monoisotopic (exact) mass is 136 g/mol. The van der Waals surface area contributed by atoms with Gasteiger partial charge in [-0.15, -0.1) is 29.8 Å². The van der Waals surface area contributed by atoms with E-state index in [1.807, 2.05) is 0 Å². The molecule has 0 heterocycles. The fourth-order valence-electron chi connectivity index (χ4n) is 0.427. The second-order valence-corrected chi connectivity index (χ2v) is 3.03. The van der Waals surface area contributed by atoms with Gasteiger partial charge in [-0.2, -0.15) is 0 Å². The summed E-state index contributed by atoms with van der Waals surface area (Å²) in [5, 5.41) is 0.131. The molecule has 0 N–H and O–H groups in total. The van der Waals surface area contributed by atoms with Gasteiger partial charge in [0.05, 0.1) is 10.3 Å². The van der Waals surface area contributed by atoms with Crippen LogP contribution in [-0.2, 0) is 0 Å². The lowest BCUT2D eigenvalue weighted by atomic mass is 10.4. The van der Waals surface area contributed by atoms with E-state index in [9.17, 15) is 0 Å². The fraction of sp³-hybridized carbons (Fsp3) is 0.600. The van der Waals surface area contributed by atoms with Crippen molar-refractivity contribution in [3.8, 4) is 0 Å². The normalized spacial score (nSPS) is 48.6. The van der Waals surface area contributed by atoms with Gasteiger partial charge in [-0.25, -0.2) is 0 Å². The van der Waals surface area contributed by atoms with Crippen molar-refractivity contribution >= 4 is 23.2 Å². The summed E-state index contributed by atoms with van der Waals surface area (Å²) in [6.45, 7) is 3.53. The van der Waals surface area contributed by atoms with E-state index >= 15 is 0 Å². The number of rotatable bonds is 1. The Morgan fingerprint density at radius 3 is 2.29 bits per heavy atom. The van der Waals surface area contributed by atoms with E-state index in [4.69, 9.17) is 23.2 Å². The highest BCUT2D eigenvalue weighted by Crippen LogP contribution is 2.47. The molecule has 2 unspecified atom stereocenters. The fourth-order valence-corrected chi connectivity index (χ4v) is 1.00. The molecule has 0 aromatic carbocycles. The third-order valence-electron chi connectivity index (χ3n) is 1.19. The van der Waals surface area contributed by atoms with Crippen LogP contribution in [0.15, 0.2) is 12.7 Å². The molecule has 0 amide bonds. The topological polar surface area (TPSA) is 0 Å². The highest BCUT2D eigenvalue weighted by atomic mass is 35.5. The zero-order valence-electron chi connectivity index (χ0n) is 3.82. The molecule has 1 aliphatic rings. The number of hydrogen-bond donors (Lipinski definition) is 0. The molecule has 0 spiro atoms. The van der Waals surface area contributed by atoms with E-state index in [0.29, 0.717) is 0 Å². The summed E-state index contributed by atoms with van der Waals surface area (Å²) in [7, 11) is 0. The molecule has 2 heteroatoms. The van der Waals surface area contributed by atoms with Crippen molar-refractivity contribution in [3.63, 3.8) is 0 Å². The number of hydrogen-bond acceptors (Lipinski definition) is 0. The second-order valence-electron chi connectivity index (χ2n) is 1.80. The lowest BCUT2D eigenvalue weighted by molar-refractivity contribution is 1.18. The van der Waals surface area contributed by atoms with E-state index in [1.54, 1.807) is 6.08 Å². The molecule has 7 heavy (non-hydrogen) atoms. The van der Waals surface area contributed by atoms with Crippen LogP contribution < -0.4 is 0 Å². The molecular weight excluding hydrogens is 131 g/mol. The van der Waals surface area contributed by atoms with Crippen LogP contribution in [-0.4, -0.2) is 10.3 Å². The van der Waals surface area contributed by atoms with Crippen LogP contribution in [0.1, 0.15) is 6.42 Å². The highest BCUT2D eigenvalue weighted by Gasteiger charge is 2.49. The zero-order valence-corrected chi connectivity index (χ0v) is 5.34. The summed E-state index contributed by atoms with van der Waals surface area (Å²) in [4.78, 5) is -0.248. The first-order chi connectivity index (χ1) is 3.19. The molecule has 1 aliphatic carbocycles. The Hall–Kier alpha value is 0.320. The number of halogens is 2. The molecule has 0 bridgehead atoms. The van der Waals surface area contributed by atoms with Gasteiger partial charge < -0.3 is 0 Å². The van der Waals surface area contributed by atoms with Gasteiger partial charge in [-0.3, -0.25) is 0 Å². The minimum atomic E-state index is -0.248. The van der Waals surface area contributed by atoms with Crippen molar-refractivity contribution in [2.75, 3.05) is 0 Å². The average molecular weight is 137 g/mol. The standard InChI is InChI=1S/C5H6Cl2/c1-2-5(7)3-4(5)6/h2,4H,1,3H2. The Morgan fingerprint density at radius 2 is 2.29 bits per heavy atom. The first-order valence-corrected chi connectivity index (χ1v) is 2.97. The SMILES string of the molecule is C=CC1(Cl)CC1Cl. The van der Waals surface area contributed by atoms with E-state index < -0.39 is 0 Å². The van der Waals surface area contributed by atoms with Crippen LogP contribution in [0, 0.1) is 0 Å². The Labute approximate surface area is 53.1 Å². The molecule has 1 rings (SSSR count). The number of alkyl halides is 2. The molecule has 0 saturated heterocycles. The van der Waals surface area contributed by atoms with Crippen molar-refractivity contribution in [1.82, 2.24) is 0 Å². The first kappa shape index (κ1) is 5.46. The lowest BCUT2D eigenvalue weighted by Crippen LogP contribution is -1.93. The summed E-state index contributed by atoms with van der Waals surface area (Å²) < 4.78 is 0. The summed E-state index contributed by atoms with van der Waals surface area (Å²) in [6, 6.07) is 0. The van der Waals surface area contributed by atoms with Crippen LogP contribution in [0.5, 0.6) is 0 Å². The molecule has 0 nitrogen and oxygen atoms in total. The predicted octanol–water partition coefficient (Wildman–Crippen LogP) is 2.16. The maximum absolute atomic E-state index is 5.73. The third-order valence-corrected chi connectivity index (χ3v) is 2.42. The van der Waals surface area contributed by atoms with Gasteiger partial charge in [0, 0.05) is 0 Å². The van der Waals surface area contributed by atoms with E-state index in [2.05, 4.69) is 6.58 Å². The van der Waals surface area contributed by atoms with Crippen LogP contribution in [0.2, 0.25) is 0 Å². The van der Waals surface area contributed by atoms with Gasteiger partial charge in [0.25, 0.3) is 0 Å². The van der Waals surface area contributed by atoms with Crippen LogP contribution >= 0.6 is 23.2 Å². The first-order valence-electron chi connectivity index (χ1n) is 2.15. The van der Waals surface area contributed by atoms with Crippen molar-refractivity contribution in [3.05, 3.63) is 12.7 Å². The molecule has 40 valence electrons. The number of allylic oxidation sites excluding steroid dienone is 1. The lowest BCUT2D eigenvalue weighted by Gasteiger charge is -1.90. The molecule has 0 aromatic rings. The minimum Gasteiger partial charge on any atom is -0.121 e. The molecular formula is C5H6Cl2. The van der Waals surface area contributed by atoms with Gasteiger partial charge in [-0.05, 0) is 6.42 Å². The summed E-state index contributed by atoms with van der Waals surface area (Å²) >= 11 is 11.3. The zero-order chi connectivity index (χ0) is 5.49. The Kier molecular flexibility index (Phi) is 1.09. The summed E-state index contributed by atoms with van der Waals surface area (Å²) in [6.07, 6.45) is 2.58. The minimum absolute atomic E-state index is 0.131. The van der Waals surface area contributed by atoms with Crippen molar-refractivity contribution in [2.45, 2.75) is 16.7 Å². The van der Waals surface area contributed by atoms with Gasteiger partial charge in [0.15, 0.2) is 0 Å². The largest absolute Gasteiger partial charge is 0.121 e. The molecule has 1 saturated carbocycles. The van der Waals surface area contributed by atoms with Gasteiger partial charge in [-0.1, -0.05) is 6.08 Å². The molecule has 0 aliphatic heterocycles. The van der Waals surface area contributed by atoms with Crippen molar-refractivity contribution < 1.29 is 0 Å². The molecule has 1 fully saturated rings. The molecule has 0 aromatic heterocycles. The van der Waals surface area contributed by atoms with Gasteiger partial charge >= 0.3 is 0 Å². The van der Waals surface area contributed by atoms with Crippen molar-refractivity contribution in [2.24, 2.45) is 0 Å². The van der Waals surface area contributed by atoms with Crippen LogP contribution in [0.25, 0.3) is 0 Å². The van der Waals surface area contributed by atoms with Crippen LogP contribution in [0.4, 0.5) is 0 Å². The maximum Gasteiger partial charge on any atom is 0.0802 e. The van der Waals surface area contributed by atoms with Crippen LogP contribution in [0.3, 0.4) is 0 Å². The predicted molar refractivity (Wildman–Crippen MR) is 33.0 cm³/mol. The van der Waals surface area contributed by atoms with E-state index in [1.165, 1.54) is 0 Å². The average Bonchev–Trinajstić information content (AvgIpc) is 2.18. The van der Waals surface area contributed by atoms with E-state index in [0.717, 1.165) is 6.42 Å². The summed E-state index contributed by atoms with van der Waals surface area (Å²) in [5.74, 6) is 0. The molecule has 2 atom stereocenters. The molecule has 0 radical (unpaired) electrons. The Bertz CT molecular complexity index is 100. The second kappa shape index (κ2) is 1.40. The van der Waals surface area contributed by atoms with Gasteiger partial charge in [0.1, 0.15) is 0 Å². The third kappa shape index (κ3) is 0.777. The quantitative estimate of drug-likeness (QED) is 0.383. The Morgan fingerprint density at radius 1 is 1.86 bits per heavy atom. The smallest absolute Gasteiger partial charge is 0.0802 e. The maximum atomic E-state index is 5.73. The van der Waals surface area contributed by atoms with E-state index in [-0.39, 0.29) is 10.3 Å². The Balaban J connectivity index is 2.51. The highest BCUT2D eigenvalue weighted by molar-refractivity contribution is 6.38. The summed E-state index contributed by atoms with van der Waals surface area (Å²) in [5.41, 5.74) is 0.